The summed E-state index contributed by atoms with van der Waals surface area (Å²) in [4.78, 5) is 35.0. The molecule has 280 valence electrons. The van der Waals surface area contributed by atoms with Gasteiger partial charge in [-0.2, -0.15) is 0 Å². The van der Waals surface area contributed by atoms with Crippen molar-refractivity contribution in [2.75, 3.05) is 0 Å². The maximum atomic E-state index is 5.13. The highest BCUT2D eigenvalue weighted by molar-refractivity contribution is 5.83. The van der Waals surface area contributed by atoms with E-state index in [0.29, 0.717) is 34.9 Å². The first-order chi connectivity index (χ1) is 29.7. The van der Waals surface area contributed by atoms with Crippen molar-refractivity contribution in [1.82, 2.24) is 34.9 Å². The highest BCUT2D eigenvalue weighted by Crippen LogP contribution is 2.56. The molecule has 10 aromatic rings. The van der Waals surface area contributed by atoms with Crippen LogP contribution < -0.4 is 0 Å². The molecule has 3 aliphatic rings. The minimum atomic E-state index is 0.0305. The van der Waals surface area contributed by atoms with Gasteiger partial charge in [0.05, 0.1) is 5.52 Å². The van der Waals surface area contributed by atoms with Crippen molar-refractivity contribution in [1.29, 1.82) is 0 Å². The third kappa shape index (κ3) is 5.70. The van der Waals surface area contributed by atoms with Crippen LogP contribution in [0.1, 0.15) is 45.2 Å². The number of hydrogen-bond acceptors (Lipinski definition) is 7. The van der Waals surface area contributed by atoms with E-state index in [1.165, 1.54) is 33.4 Å². The van der Waals surface area contributed by atoms with Crippen LogP contribution in [0.5, 0.6) is 0 Å². The van der Waals surface area contributed by atoms with Crippen molar-refractivity contribution in [3.8, 4) is 68.3 Å². The topological polar surface area (TPSA) is 90.2 Å². The number of pyridine rings is 1. The molecule has 0 amide bonds. The molecule has 0 aliphatic heterocycles. The Morgan fingerprint density at radius 3 is 1.10 bits per heavy atom. The van der Waals surface area contributed by atoms with Gasteiger partial charge in [0, 0.05) is 56.8 Å². The minimum absolute atomic E-state index is 0.0305. The number of aromatic nitrogens is 7. The molecule has 0 fully saturated rings. The lowest BCUT2D eigenvalue weighted by Gasteiger charge is -2.42. The summed E-state index contributed by atoms with van der Waals surface area (Å²) in [6.45, 7) is 0. The molecule has 2 bridgehead atoms. The van der Waals surface area contributed by atoms with Gasteiger partial charge in [0.15, 0.2) is 34.9 Å². The van der Waals surface area contributed by atoms with Gasteiger partial charge in [-0.1, -0.05) is 158 Å². The normalized spacial score (nSPS) is 14.7. The Balaban J connectivity index is 0.989. The van der Waals surface area contributed by atoms with Crippen molar-refractivity contribution < 1.29 is 0 Å². The van der Waals surface area contributed by atoms with Crippen LogP contribution in [0.25, 0.3) is 79.2 Å². The van der Waals surface area contributed by atoms with E-state index in [2.05, 4.69) is 72.8 Å². The van der Waals surface area contributed by atoms with E-state index in [-0.39, 0.29) is 11.8 Å². The fourth-order valence-electron chi connectivity index (χ4n) is 8.98. The molecule has 13 rings (SSSR count). The van der Waals surface area contributed by atoms with Gasteiger partial charge < -0.3 is 0 Å². The molecule has 0 N–H and O–H groups in total. The van der Waals surface area contributed by atoms with Crippen LogP contribution in [0.4, 0.5) is 0 Å². The standard InChI is InChI=1S/C53H33N7/c1-4-14-32(15-5-1)48-55-49(33-16-6-2-7-17-33)57-51(56-48)36-24-26-41-43(29-36)46-39-21-11-12-22-40(39)47(41)44-30-37(25-27-42(44)46)52-58-50(34-18-8-3-9-19-34)59-53(60-52)38-28-35-20-10-13-23-45(35)54-31-38/h1-31,46-47H. The first-order valence-corrected chi connectivity index (χ1v) is 20.1. The monoisotopic (exact) mass is 767 g/mol. The Labute approximate surface area is 346 Å². The molecule has 7 aromatic carbocycles. The lowest BCUT2D eigenvalue weighted by Crippen LogP contribution is -2.27. The number of benzene rings is 7. The summed E-state index contributed by atoms with van der Waals surface area (Å²) in [5, 5.41) is 1.03. The summed E-state index contributed by atoms with van der Waals surface area (Å²) in [5.74, 6) is 3.84. The van der Waals surface area contributed by atoms with Gasteiger partial charge in [0.2, 0.25) is 0 Å². The Bertz CT molecular complexity index is 3220. The number of hydrogen-bond donors (Lipinski definition) is 0. The molecule has 3 heterocycles. The van der Waals surface area contributed by atoms with Gasteiger partial charge >= 0.3 is 0 Å². The summed E-state index contributed by atoms with van der Waals surface area (Å²) >= 11 is 0. The second-order valence-corrected chi connectivity index (χ2v) is 15.3. The van der Waals surface area contributed by atoms with Gasteiger partial charge in [-0.05, 0) is 57.6 Å². The van der Waals surface area contributed by atoms with Crippen LogP contribution in [-0.2, 0) is 0 Å². The number of nitrogens with zero attached hydrogens (tertiary/aromatic N) is 7. The predicted octanol–water partition coefficient (Wildman–Crippen LogP) is 11.6. The first-order valence-electron chi connectivity index (χ1n) is 20.1. The molecule has 60 heavy (non-hydrogen) atoms. The lowest BCUT2D eigenvalue weighted by molar-refractivity contribution is 0.754. The maximum Gasteiger partial charge on any atom is 0.165 e. The van der Waals surface area contributed by atoms with E-state index >= 15 is 0 Å². The van der Waals surface area contributed by atoms with Crippen LogP contribution in [0.15, 0.2) is 188 Å². The third-order valence-electron chi connectivity index (χ3n) is 11.8. The Hall–Kier alpha value is -8.03. The van der Waals surface area contributed by atoms with Gasteiger partial charge in [-0.15, -0.1) is 0 Å². The number of para-hydroxylation sites is 1. The van der Waals surface area contributed by atoms with Gasteiger partial charge in [-0.25, -0.2) is 29.9 Å². The van der Waals surface area contributed by atoms with Crippen molar-refractivity contribution >= 4 is 10.9 Å². The Morgan fingerprint density at radius 1 is 0.267 bits per heavy atom. The van der Waals surface area contributed by atoms with E-state index < -0.39 is 0 Å². The molecule has 2 atom stereocenters. The number of rotatable bonds is 6. The van der Waals surface area contributed by atoms with Crippen LogP contribution in [-0.4, -0.2) is 34.9 Å². The second kappa shape index (κ2) is 13.8. The van der Waals surface area contributed by atoms with Crippen LogP contribution >= 0.6 is 0 Å². The average Bonchev–Trinajstić information content (AvgIpc) is 3.34. The highest BCUT2D eigenvalue weighted by Gasteiger charge is 2.41. The highest BCUT2D eigenvalue weighted by atomic mass is 15.0. The average molecular weight is 768 g/mol. The quantitative estimate of drug-likeness (QED) is 0.166. The molecule has 3 aromatic heterocycles. The third-order valence-corrected chi connectivity index (χ3v) is 11.8. The van der Waals surface area contributed by atoms with E-state index in [9.17, 15) is 0 Å². The van der Waals surface area contributed by atoms with E-state index in [1.54, 1.807) is 0 Å². The second-order valence-electron chi connectivity index (χ2n) is 15.3. The summed E-state index contributed by atoms with van der Waals surface area (Å²) in [6.07, 6.45) is 1.85. The van der Waals surface area contributed by atoms with Crippen LogP contribution in [0, 0.1) is 0 Å². The van der Waals surface area contributed by atoms with E-state index in [1.807, 2.05) is 115 Å². The summed E-state index contributed by atoms with van der Waals surface area (Å²) in [6, 6.07) is 63.0. The molecule has 2 unspecified atom stereocenters. The van der Waals surface area contributed by atoms with Crippen molar-refractivity contribution in [3.05, 3.63) is 222 Å². The van der Waals surface area contributed by atoms with Gasteiger partial charge in [0.25, 0.3) is 0 Å². The van der Waals surface area contributed by atoms with Crippen molar-refractivity contribution in [3.63, 3.8) is 0 Å². The molecular weight excluding hydrogens is 735 g/mol. The molecule has 0 radical (unpaired) electrons. The Morgan fingerprint density at radius 2 is 0.633 bits per heavy atom. The molecule has 7 heteroatoms. The lowest BCUT2D eigenvalue weighted by atomic mass is 9.61. The minimum Gasteiger partial charge on any atom is -0.255 e. The first kappa shape index (κ1) is 34.0. The van der Waals surface area contributed by atoms with Crippen LogP contribution in [0.2, 0.25) is 0 Å². The fourth-order valence-corrected chi connectivity index (χ4v) is 8.98. The molecule has 0 saturated carbocycles. The SMILES string of the molecule is c1ccc(-c2nc(-c3ccccc3)nc(-c3ccc4c(c3)C3c5ccccc5C4c4cc(-c5nc(-c6ccccc6)nc(-c6cnc7ccccc7c6)n5)ccc43)n2)cc1. The van der Waals surface area contributed by atoms with Crippen molar-refractivity contribution in [2.45, 2.75) is 11.8 Å². The zero-order valence-electron chi connectivity index (χ0n) is 32.2. The van der Waals surface area contributed by atoms with E-state index in [4.69, 9.17) is 34.9 Å². The predicted molar refractivity (Wildman–Crippen MR) is 236 cm³/mol. The van der Waals surface area contributed by atoms with Gasteiger partial charge in [-0.3, -0.25) is 4.98 Å². The molecule has 0 spiro atoms. The maximum absolute atomic E-state index is 5.13. The summed E-state index contributed by atoms with van der Waals surface area (Å²) in [7, 11) is 0. The fraction of sp³-hybridized carbons (Fsp3) is 0.0377. The zero-order valence-corrected chi connectivity index (χ0v) is 32.2. The summed E-state index contributed by atoms with van der Waals surface area (Å²) < 4.78 is 0. The molecular formula is C53H33N7. The molecule has 0 saturated heterocycles. The molecule has 7 nitrogen and oxygen atoms in total. The molecule has 3 aliphatic carbocycles. The summed E-state index contributed by atoms with van der Waals surface area (Å²) in [5.41, 5.74) is 14.3. The Kier molecular flexibility index (Phi) is 7.84. The number of fused-ring (bicyclic) bond motifs is 1. The van der Waals surface area contributed by atoms with Crippen LogP contribution in [0.3, 0.4) is 0 Å². The largest absolute Gasteiger partial charge is 0.255 e. The smallest absolute Gasteiger partial charge is 0.165 e. The zero-order chi connectivity index (χ0) is 39.6. The van der Waals surface area contributed by atoms with Gasteiger partial charge in [0.1, 0.15) is 0 Å². The van der Waals surface area contributed by atoms with Crippen molar-refractivity contribution in [2.24, 2.45) is 0 Å². The van der Waals surface area contributed by atoms with E-state index in [0.717, 1.165) is 44.3 Å².